The van der Waals surface area contributed by atoms with Gasteiger partial charge in [-0.05, 0) is 35.7 Å². The van der Waals surface area contributed by atoms with E-state index < -0.39 is 0 Å². The number of nitrogens with zero attached hydrogens (tertiary/aromatic N) is 1. The van der Waals surface area contributed by atoms with Gasteiger partial charge in [0.05, 0.1) is 12.8 Å². The lowest BCUT2D eigenvalue weighted by molar-refractivity contribution is 0.414. The summed E-state index contributed by atoms with van der Waals surface area (Å²) in [5.74, 6) is 1.28. The van der Waals surface area contributed by atoms with Crippen LogP contribution in [0.2, 0.25) is 0 Å². The molecule has 1 unspecified atom stereocenters. The lowest BCUT2D eigenvalue weighted by Gasteiger charge is -2.22. The van der Waals surface area contributed by atoms with Crippen molar-refractivity contribution in [3.05, 3.63) is 59.7 Å². The van der Waals surface area contributed by atoms with Gasteiger partial charge in [0, 0.05) is 12.1 Å². The highest BCUT2D eigenvalue weighted by Crippen LogP contribution is 2.38. The minimum Gasteiger partial charge on any atom is -0.497 e. The Morgan fingerprint density at radius 3 is 2.72 bits per heavy atom. The van der Waals surface area contributed by atoms with Crippen LogP contribution in [0.4, 0.5) is 5.69 Å². The van der Waals surface area contributed by atoms with Gasteiger partial charge < -0.3 is 4.74 Å². The fraction of sp³-hybridized carbons (Fsp3) is 0.188. The molecule has 1 heterocycles. The smallest absolute Gasteiger partial charge is 0.119 e. The second-order valence-electron chi connectivity index (χ2n) is 4.44. The maximum absolute atomic E-state index is 5.31. The van der Waals surface area contributed by atoms with Crippen molar-refractivity contribution in [3.8, 4) is 5.75 Å². The van der Waals surface area contributed by atoms with Crippen molar-refractivity contribution in [2.75, 3.05) is 7.11 Å². The van der Waals surface area contributed by atoms with Gasteiger partial charge in [-0.25, -0.2) is 0 Å². The average molecular weight is 237 g/mol. The highest BCUT2D eigenvalue weighted by Gasteiger charge is 2.20. The van der Waals surface area contributed by atoms with Gasteiger partial charge in [-0.15, -0.1) is 0 Å². The first-order chi connectivity index (χ1) is 8.88. The Bertz CT molecular complexity index is 575. The number of hydrogen-bond donors (Lipinski definition) is 0. The molecule has 18 heavy (non-hydrogen) atoms. The summed E-state index contributed by atoms with van der Waals surface area (Å²) in [5.41, 5.74) is 3.64. The molecule has 1 atom stereocenters. The maximum Gasteiger partial charge on any atom is 0.119 e. The van der Waals surface area contributed by atoms with E-state index in [9.17, 15) is 0 Å². The molecule has 0 aromatic heterocycles. The summed E-state index contributed by atoms with van der Waals surface area (Å²) in [6.07, 6.45) is 2.96. The predicted molar refractivity (Wildman–Crippen MR) is 74.0 cm³/mol. The van der Waals surface area contributed by atoms with Gasteiger partial charge in [0.25, 0.3) is 0 Å². The van der Waals surface area contributed by atoms with Crippen LogP contribution in [0, 0.1) is 0 Å². The highest BCUT2D eigenvalue weighted by atomic mass is 16.5. The minimum absolute atomic E-state index is 0.383. The molecule has 3 rings (SSSR count). The van der Waals surface area contributed by atoms with E-state index in [4.69, 9.17) is 4.74 Å². The molecule has 0 fully saturated rings. The molecule has 2 aromatic rings. The summed E-state index contributed by atoms with van der Waals surface area (Å²) in [6.45, 7) is 0. The number of fused-ring (bicyclic) bond motifs is 1. The van der Waals surface area contributed by atoms with E-state index in [-0.39, 0.29) is 0 Å². The van der Waals surface area contributed by atoms with Gasteiger partial charge in [0.1, 0.15) is 5.75 Å². The Hall–Kier alpha value is -2.09. The van der Waals surface area contributed by atoms with Gasteiger partial charge in [-0.3, -0.25) is 4.99 Å². The Labute approximate surface area is 107 Å². The normalized spacial score (nSPS) is 17.3. The van der Waals surface area contributed by atoms with Crippen LogP contribution in [0.5, 0.6) is 5.75 Å². The number of benzene rings is 2. The monoisotopic (exact) mass is 237 g/mol. The largest absolute Gasteiger partial charge is 0.497 e. The number of rotatable bonds is 2. The molecule has 0 saturated heterocycles. The molecule has 0 spiro atoms. The van der Waals surface area contributed by atoms with E-state index in [1.165, 1.54) is 11.1 Å². The van der Waals surface area contributed by atoms with Gasteiger partial charge in [0.15, 0.2) is 0 Å². The van der Waals surface area contributed by atoms with E-state index in [1.54, 1.807) is 7.11 Å². The fourth-order valence-electron chi connectivity index (χ4n) is 2.44. The predicted octanol–water partition coefficient (Wildman–Crippen LogP) is 3.93. The van der Waals surface area contributed by atoms with Crippen LogP contribution < -0.4 is 4.74 Å². The Morgan fingerprint density at radius 1 is 1.11 bits per heavy atom. The topological polar surface area (TPSA) is 21.6 Å². The van der Waals surface area contributed by atoms with Crippen molar-refractivity contribution >= 4 is 11.9 Å². The van der Waals surface area contributed by atoms with Crippen LogP contribution in [0.15, 0.2) is 53.5 Å². The van der Waals surface area contributed by atoms with Crippen molar-refractivity contribution in [1.82, 2.24) is 0 Å². The number of ether oxygens (including phenoxy) is 1. The van der Waals surface area contributed by atoms with E-state index in [0.29, 0.717) is 5.92 Å². The first-order valence-electron chi connectivity index (χ1n) is 6.14. The number of hydrogen-bond acceptors (Lipinski definition) is 2. The molecular weight excluding hydrogens is 222 g/mol. The zero-order chi connectivity index (χ0) is 12.4. The van der Waals surface area contributed by atoms with Crippen molar-refractivity contribution in [2.24, 2.45) is 4.99 Å². The molecular formula is C16H15NO. The van der Waals surface area contributed by atoms with Crippen LogP contribution in [-0.4, -0.2) is 13.3 Å². The summed E-state index contributed by atoms with van der Waals surface area (Å²) in [7, 11) is 1.70. The Morgan fingerprint density at radius 2 is 1.94 bits per heavy atom. The zero-order valence-corrected chi connectivity index (χ0v) is 10.3. The second kappa shape index (κ2) is 4.65. The quantitative estimate of drug-likeness (QED) is 0.775. The number of aliphatic imine (C=N–C) groups is 1. The van der Waals surface area contributed by atoms with Gasteiger partial charge in [-0.2, -0.15) is 0 Å². The SMILES string of the molecule is COc1ccc2c(c1)C(c1ccccc1)CC=N2. The molecule has 2 aromatic carbocycles. The van der Waals surface area contributed by atoms with Crippen molar-refractivity contribution in [3.63, 3.8) is 0 Å². The van der Waals surface area contributed by atoms with Crippen molar-refractivity contribution in [1.29, 1.82) is 0 Å². The van der Waals surface area contributed by atoms with E-state index >= 15 is 0 Å². The first-order valence-corrected chi connectivity index (χ1v) is 6.14. The van der Waals surface area contributed by atoms with Crippen LogP contribution in [0.3, 0.4) is 0 Å². The van der Waals surface area contributed by atoms with Crippen LogP contribution >= 0.6 is 0 Å². The molecule has 1 aliphatic heterocycles. The molecule has 0 radical (unpaired) electrons. The van der Waals surface area contributed by atoms with Crippen LogP contribution in [0.25, 0.3) is 0 Å². The molecule has 1 aliphatic rings. The second-order valence-corrected chi connectivity index (χ2v) is 4.44. The van der Waals surface area contributed by atoms with Gasteiger partial charge in [-0.1, -0.05) is 30.3 Å². The van der Waals surface area contributed by atoms with Crippen molar-refractivity contribution in [2.45, 2.75) is 12.3 Å². The lowest BCUT2D eigenvalue weighted by atomic mass is 9.86. The number of methoxy groups -OCH3 is 1. The van der Waals surface area contributed by atoms with Crippen molar-refractivity contribution < 1.29 is 4.74 Å². The highest BCUT2D eigenvalue weighted by molar-refractivity contribution is 5.72. The fourth-order valence-corrected chi connectivity index (χ4v) is 2.44. The Balaban J connectivity index is 2.08. The third-order valence-corrected chi connectivity index (χ3v) is 3.38. The molecule has 0 aliphatic carbocycles. The standard InChI is InChI=1S/C16H15NO/c1-18-13-7-8-16-15(11-13)14(9-10-17-16)12-5-3-2-4-6-12/h2-8,10-11,14H,9H2,1H3. The van der Waals surface area contributed by atoms with Gasteiger partial charge >= 0.3 is 0 Å². The van der Waals surface area contributed by atoms with Crippen LogP contribution in [0.1, 0.15) is 23.5 Å². The molecule has 0 saturated carbocycles. The summed E-state index contributed by atoms with van der Waals surface area (Å²) >= 11 is 0. The molecule has 0 amide bonds. The average Bonchev–Trinajstić information content (AvgIpc) is 2.47. The molecule has 90 valence electrons. The first kappa shape index (κ1) is 11.0. The molecule has 2 nitrogen and oxygen atoms in total. The Kier molecular flexibility index (Phi) is 2.85. The summed E-state index contributed by atoms with van der Waals surface area (Å²) in [5, 5.41) is 0. The summed E-state index contributed by atoms with van der Waals surface area (Å²) in [6, 6.07) is 16.7. The van der Waals surface area contributed by atoms with E-state index in [1.807, 2.05) is 24.4 Å². The zero-order valence-electron chi connectivity index (χ0n) is 10.3. The van der Waals surface area contributed by atoms with E-state index in [0.717, 1.165) is 17.9 Å². The third kappa shape index (κ3) is 1.90. The molecule has 0 N–H and O–H groups in total. The minimum atomic E-state index is 0.383. The molecule has 0 bridgehead atoms. The maximum atomic E-state index is 5.31. The summed E-state index contributed by atoms with van der Waals surface area (Å²) < 4.78 is 5.31. The summed E-state index contributed by atoms with van der Waals surface area (Å²) in [4.78, 5) is 4.46. The molecule has 2 heteroatoms. The van der Waals surface area contributed by atoms with E-state index in [2.05, 4.69) is 35.3 Å². The van der Waals surface area contributed by atoms with Crippen LogP contribution in [-0.2, 0) is 0 Å². The third-order valence-electron chi connectivity index (χ3n) is 3.38. The van der Waals surface area contributed by atoms with Gasteiger partial charge in [0.2, 0.25) is 0 Å². The lowest BCUT2D eigenvalue weighted by Crippen LogP contribution is -2.06.